The van der Waals surface area contributed by atoms with Crippen LogP contribution < -0.4 is 0 Å². The molecule has 0 bridgehead atoms. The third-order valence-corrected chi connectivity index (χ3v) is 7.94. The lowest BCUT2D eigenvalue weighted by molar-refractivity contribution is 0.825. The van der Waals surface area contributed by atoms with E-state index in [9.17, 15) is 0 Å². The second-order valence-corrected chi connectivity index (χ2v) is 11.7. The first-order valence-electron chi connectivity index (χ1n) is 13.7. The Kier molecular flexibility index (Phi) is 6.41. The van der Waals surface area contributed by atoms with Crippen LogP contribution in [0.1, 0.15) is 124 Å². The molecule has 0 saturated carbocycles. The fourth-order valence-electron chi connectivity index (χ4n) is 6.23. The van der Waals surface area contributed by atoms with Crippen LogP contribution in [0, 0.1) is 0 Å². The normalized spacial score (nSPS) is 13.3. The van der Waals surface area contributed by atoms with Gasteiger partial charge in [0.2, 0.25) is 0 Å². The maximum Gasteiger partial charge on any atom is -0.00142 e. The molecule has 0 heteroatoms. The Morgan fingerprint density at radius 1 is 0.389 bits per heavy atom. The van der Waals surface area contributed by atoms with E-state index in [0.29, 0.717) is 23.7 Å². The Morgan fingerprint density at radius 2 is 0.694 bits per heavy atom. The second-order valence-electron chi connectivity index (χ2n) is 11.7. The molecular formula is C36H40. The van der Waals surface area contributed by atoms with Gasteiger partial charge in [-0.25, -0.2) is 0 Å². The van der Waals surface area contributed by atoms with E-state index in [1.54, 1.807) is 0 Å². The molecule has 0 amide bonds. The largest absolute Gasteiger partial charge is 0.0617 e. The van der Waals surface area contributed by atoms with Crippen LogP contribution in [0.25, 0.3) is 21.9 Å². The molecule has 0 N–H and O–H groups in total. The molecule has 36 heavy (non-hydrogen) atoms. The molecule has 0 aliphatic heterocycles. The van der Waals surface area contributed by atoms with Crippen LogP contribution in [0.4, 0.5) is 0 Å². The van der Waals surface area contributed by atoms with Gasteiger partial charge in [0.25, 0.3) is 0 Å². The monoisotopic (exact) mass is 472 g/mol. The zero-order chi connectivity index (χ0) is 25.7. The van der Waals surface area contributed by atoms with Gasteiger partial charge < -0.3 is 0 Å². The van der Waals surface area contributed by atoms with Gasteiger partial charge in [-0.1, -0.05) is 128 Å². The minimum Gasteiger partial charge on any atom is -0.0617 e. The minimum absolute atomic E-state index is 0.445. The molecule has 1 aliphatic carbocycles. The summed E-state index contributed by atoms with van der Waals surface area (Å²) < 4.78 is 0. The SMILES string of the molecule is CC(C)c1cccc(C(C)C)c1C1=C(c2c(C(C)C)cccc2C(C)C)c2cccc3cccc1c23. The van der Waals surface area contributed by atoms with Crippen molar-refractivity contribution in [3.63, 3.8) is 0 Å². The van der Waals surface area contributed by atoms with Crippen molar-refractivity contribution in [3.05, 3.63) is 117 Å². The summed E-state index contributed by atoms with van der Waals surface area (Å²) in [6.45, 7) is 18.7. The minimum atomic E-state index is 0.445. The van der Waals surface area contributed by atoms with E-state index in [-0.39, 0.29) is 0 Å². The summed E-state index contributed by atoms with van der Waals surface area (Å²) in [7, 11) is 0. The molecule has 0 saturated heterocycles. The molecule has 0 radical (unpaired) electrons. The van der Waals surface area contributed by atoms with Crippen LogP contribution >= 0.6 is 0 Å². The van der Waals surface area contributed by atoms with E-state index in [0.717, 1.165) is 0 Å². The molecule has 0 fully saturated rings. The molecule has 0 spiro atoms. The van der Waals surface area contributed by atoms with Crippen molar-refractivity contribution in [2.75, 3.05) is 0 Å². The van der Waals surface area contributed by atoms with Gasteiger partial charge in [-0.3, -0.25) is 0 Å². The molecule has 5 rings (SSSR count). The Hall–Kier alpha value is -3.12. The fraction of sp³-hybridized carbons (Fsp3) is 0.333. The van der Waals surface area contributed by atoms with Crippen molar-refractivity contribution in [2.24, 2.45) is 0 Å². The lowest BCUT2D eigenvalue weighted by Gasteiger charge is -2.26. The highest BCUT2D eigenvalue weighted by molar-refractivity contribution is 6.21. The lowest BCUT2D eigenvalue weighted by atomic mass is 9.78. The smallest absolute Gasteiger partial charge is 0.00142 e. The van der Waals surface area contributed by atoms with Gasteiger partial charge in [0.05, 0.1) is 0 Å². The summed E-state index contributed by atoms with van der Waals surface area (Å²) in [4.78, 5) is 0. The molecule has 0 heterocycles. The third kappa shape index (κ3) is 3.83. The van der Waals surface area contributed by atoms with Crippen LogP contribution in [-0.2, 0) is 0 Å². The van der Waals surface area contributed by atoms with Crippen molar-refractivity contribution in [1.29, 1.82) is 0 Å². The molecule has 4 aromatic carbocycles. The maximum atomic E-state index is 2.36. The van der Waals surface area contributed by atoms with Gasteiger partial charge in [0.15, 0.2) is 0 Å². The Morgan fingerprint density at radius 3 is 1.00 bits per heavy atom. The van der Waals surface area contributed by atoms with E-state index in [2.05, 4.69) is 128 Å². The topological polar surface area (TPSA) is 0 Å². The zero-order valence-electron chi connectivity index (χ0n) is 23.2. The third-order valence-electron chi connectivity index (χ3n) is 7.94. The van der Waals surface area contributed by atoms with Gasteiger partial charge in [-0.2, -0.15) is 0 Å². The van der Waals surface area contributed by atoms with E-state index in [1.807, 2.05) is 0 Å². The Labute approximate surface area is 218 Å². The second kappa shape index (κ2) is 9.40. The van der Waals surface area contributed by atoms with Gasteiger partial charge in [0.1, 0.15) is 0 Å². The lowest BCUT2D eigenvalue weighted by Crippen LogP contribution is -2.07. The first-order chi connectivity index (χ1) is 17.2. The molecule has 1 aliphatic rings. The highest BCUT2D eigenvalue weighted by Crippen LogP contribution is 2.52. The van der Waals surface area contributed by atoms with Gasteiger partial charge in [0, 0.05) is 0 Å². The van der Waals surface area contributed by atoms with Gasteiger partial charge in [-0.05, 0) is 90.1 Å². The van der Waals surface area contributed by atoms with Crippen LogP contribution in [0.2, 0.25) is 0 Å². The number of rotatable bonds is 6. The average molecular weight is 473 g/mol. The van der Waals surface area contributed by atoms with Crippen molar-refractivity contribution in [2.45, 2.75) is 79.1 Å². The van der Waals surface area contributed by atoms with Crippen LogP contribution in [0.3, 0.4) is 0 Å². The van der Waals surface area contributed by atoms with Crippen LogP contribution in [0.5, 0.6) is 0 Å². The van der Waals surface area contributed by atoms with Crippen LogP contribution in [0.15, 0.2) is 72.8 Å². The van der Waals surface area contributed by atoms with Crippen molar-refractivity contribution in [3.8, 4) is 0 Å². The maximum absolute atomic E-state index is 2.36. The molecule has 184 valence electrons. The molecule has 0 aromatic heterocycles. The highest BCUT2D eigenvalue weighted by atomic mass is 14.3. The average Bonchev–Trinajstić information content (AvgIpc) is 3.18. The molecule has 0 atom stereocenters. The number of benzene rings is 4. The summed E-state index contributed by atoms with van der Waals surface area (Å²) in [6.07, 6.45) is 0. The summed E-state index contributed by atoms with van der Waals surface area (Å²) >= 11 is 0. The quantitative estimate of drug-likeness (QED) is 0.230. The summed E-state index contributed by atoms with van der Waals surface area (Å²) in [5.41, 5.74) is 14.4. The first kappa shape index (κ1) is 24.6. The van der Waals surface area contributed by atoms with E-state index >= 15 is 0 Å². The molecule has 4 aromatic rings. The Bertz CT molecular complexity index is 1310. The zero-order valence-corrected chi connectivity index (χ0v) is 23.2. The van der Waals surface area contributed by atoms with E-state index in [1.165, 1.54) is 66.4 Å². The van der Waals surface area contributed by atoms with Crippen molar-refractivity contribution in [1.82, 2.24) is 0 Å². The summed E-state index contributed by atoms with van der Waals surface area (Å²) in [6, 6.07) is 27.7. The predicted octanol–water partition coefficient (Wildman–Crippen LogP) is 10.7. The summed E-state index contributed by atoms with van der Waals surface area (Å²) in [5.74, 6) is 1.78. The fourth-order valence-corrected chi connectivity index (χ4v) is 6.23. The molecule has 0 unspecified atom stereocenters. The van der Waals surface area contributed by atoms with E-state index in [4.69, 9.17) is 0 Å². The van der Waals surface area contributed by atoms with Gasteiger partial charge >= 0.3 is 0 Å². The summed E-state index contributed by atoms with van der Waals surface area (Å²) in [5, 5.41) is 2.74. The first-order valence-corrected chi connectivity index (χ1v) is 13.7. The molecule has 0 nitrogen and oxygen atoms in total. The van der Waals surface area contributed by atoms with Gasteiger partial charge in [-0.15, -0.1) is 0 Å². The van der Waals surface area contributed by atoms with Crippen LogP contribution in [-0.4, -0.2) is 0 Å². The highest BCUT2D eigenvalue weighted by Gasteiger charge is 2.32. The van der Waals surface area contributed by atoms with E-state index < -0.39 is 0 Å². The standard InChI is InChI=1S/C36H40/c1-21(2)26-15-11-16-27(22(3)4)33(26)35-30-19-9-13-25-14-10-20-31(32(25)30)36(35)34-28(23(5)6)17-12-18-29(34)24(7)8/h9-24H,1-8H3. The predicted molar refractivity (Wildman–Crippen MR) is 158 cm³/mol. The van der Waals surface area contributed by atoms with Crippen molar-refractivity contribution < 1.29 is 0 Å². The molecular weight excluding hydrogens is 432 g/mol. The number of hydrogen-bond acceptors (Lipinski definition) is 0. The number of hydrogen-bond donors (Lipinski definition) is 0. The Balaban J connectivity index is 2.04. The van der Waals surface area contributed by atoms with Crippen molar-refractivity contribution >= 4 is 21.9 Å².